The molecule has 7 heteroatoms. The Morgan fingerprint density at radius 3 is 2.48 bits per heavy atom. The molecule has 0 saturated carbocycles. The molecule has 0 fully saturated rings. The number of aromatic amines is 1. The Bertz CT molecular complexity index is 1500. The van der Waals surface area contributed by atoms with E-state index in [9.17, 15) is 4.79 Å². The number of aryl methyl sites for hydroxylation is 2. The number of thioether (sulfide) groups is 1. The van der Waals surface area contributed by atoms with Gasteiger partial charge in [-0.25, -0.2) is 4.98 Å². The van der Waals surface area contributed by atoms with Crippen molar-refractivity contribution in [3.05, 3.63) is 100 Å². The van der Waals surface area contributed by atoms with Crippen LogP contribution in [0.3, 0.4) is 0 Å². The van der Waals surface area contributed by atoms with E-state index < -0.39 is 0 Å². The molecular weight excluding hydrogens is 430 g/mol. The molecule has 1 unspecified atom stereocenters. The molecule has 0 radical (unpaired) electrons. The molecule has 0 saturated heterocycles. The second-order valence-corrected chi connectivity index (χ2v) is 9.38. The average molecular weight is 454 g/mol. The maximum Gasteiger partial charge on any atom is 0.258 e. The lowest BCUT2D eigenvalue weighted by molar-refractivity contribution is 0.862. The van der Waals surface area contributed by atoms with Gasteiger partial charge < -0.3 is 4.98 Å². The molecule has 2 aromatic heterocycles. The van der Waals surface area contributed by atoms with Gasteiger partial charge in [0, 0.05) is 11.3 Å². The Hall–Kier alpha value is -3.71. The topological polar surface area (TPSA) is 76.5 Å². The van der Waals surface area contributed by atoms with Crippen molar-refractivity contribution in [3.8, 4) is 17.1 Å². The monoisotopic (exact) mass is 453 g/mol. The van der Waals surface area contributed by atoms with E-state index in [1.165, 1.54) is 17.3 Å². The summed E-state index contributed by atoms with van der Waals surface area (Å²) in [5.74, 6) is 1.39. The molecule has 5 aromatic rings. The predicted molar refractivity (Wildman–Crippen MR) is 133 cm³/mol. The molecule has 0 aliphatic rings. The SMILES string of the molecule is Cc1ccc(-n2c(SC(C)c3nc4ccccc4c(=O)[nH]3)nnc2-c2cccc(C)c2)cc1. The van der Waals surface area contributed by atoms with E-state index in [4.69, 9.17) is 0 Å². The second-order valence-electron chi connectivity index (χ2n) is 8.08. The van der Waals surface area contributed by atoms with E-state index in [1.807, 2.05) is 37.3 Å². The summed E-state index contributed by atoms with van der Waals surface area (Å²) in [6.45, 7) is 6.14. The third kappa shape index (κ3) is 4.19. The van der Waals surface area contributed by atoms with Gasteiger partial charge in [0.1, 0.15) is 5.82 Å². The summed E-state index contributed by atoms with van der Waals surface area (Å²) >= 11 is 1.52. The first-order valence-corrected chi connectivity index (χ1v) is 11.6. The van der Waals surface area contributed by atoms with Gasteiger partial charge in [0.05, 0.1) is 16.2 Å². The molecule has 3 aromatic carbocycles. The molecule has 1 N–H and O–H groups in total. The lowest BCUT2D eigenvalue weighted by Crippen LogP contribution is -2.13. The highest BCUT2D eigenvalue weighted by atomic mass is 32.2. The largest absolute Gasteiger partial charge is 0.309 e. The second kappa shape index (κ2) is 8.67. The van der Waals surface area contributed by atoms with Gasteiger partial charge in [-0.3, -0.25) is 9.36 Å². The van der Waals surface area contributed by atoms with E-state index >= 15 is 0 Å². The highest BCUT2D eigenvalue weighted by Gasteiger charge is 2.21. The van der Waals surface area contributed by atoms with Crippen LogP contribution in [0.1, 0.15) is 29.1 Å². The van der Waals surface area contributed by atoms with Crippen LogP contribution in [-0.4, -0.2) is 24.7 Å². The van der Waals surface area contributed by atoms with Crippen LogP contribution < -0.4 is 5.56 Å². The van der Waals surface area contributed by atoms with Crippen molar-refractivity contribution in [2.24, 2.45) is 0 Å². The summed E-state index contributed by atoms with van der Waals surface area (Å²) in [5.41, 5.74) is 4.88. The normalized spacial score (nSPS) is 12.2. The number of H-pyrrole nitrogens is 1. The molecule has 0 aliphatic heterocycles. The summed E-state index contributed by atoms with van der Waals surface area (Å²) < 4.78 is 2.06. The quantitative estimate of drug-likeness (QED) is 0.349. The van der Waals surface area contributed by atoms with Crippen molar-refractivity contribution in [1.82, 2.24) is 24.7 Å². The molecule has 5 rings (SSSR count). The molecule has 0 spiro atoms. The predicted octanol–water partition coefficient (Wildman–Crippen LogP) is 5.64. The zero-order chi connectivity index (χ0) is 22.9. The van der Waals surface area contributed by atoms with Gasteiger partial charge in [-0.1, -0.05) is 65.4 Å². The van der Waals surface area contributed by atoms with E-state index in [0.29, 0.717) is 16.7 Å². The van der Waals surface area contributed by atoms with Crippen LogP contribution in [0.4, 0.5) is 0 Å². The van der Waals surface area contributed by atoms with Crippen LogP contribution in [0.15, 0.2) is 82.7 Å². The number of aromatic nitrogens is 5. The Labute approximate surface area is 195 Å². The molecule has 0 amide bonds. The van der Waals surface area contributed by atoms with Crippen molar-refractivity contribution < 1.29 is 0 Å². The minimum atomic E-state index is -0.138. The molecule has 6 nitrogen and oxygen atoms in total. The van der Waals surface area contributed by atoms with Gasteiger partial charge in [-0.05, 0) is 51.1 Å². The zero-order valence-corrected chi connectivity index (χ0v) is 19.4. The van der Waals surface area contributed by atoms with Crippen LogP contribution in [0.25, 0.3) is 28.0 Å². The van der Waals surface area contributed by atoms with Gasteiger partial charge in [-0.15, -0.1) is 10.2 Å². The van der Waals surface area contributed by atoms with E-state index in [0.717, 1.165) is 27.8 Å². The van der Waals surface area contributed by atoms with E-state index in [-0.39, 0.29) is 10.8 Å². The molecule has 33 heavy (non-hydrogen) atoms. The van der Waals surface area contributed by atoms with Gasteiger partial charge in [0.25, 0.3) is 5.56 Å². The number of hydrogen-bond acceptors (Lipinski definition) is 5. The Kier molecular flexibility index (Phi) is 5.56. The summed E-state index contributed by atoms with van der Waals surface area (Å²) in [5, 5.41) is 10.3. The van der Waals surface area contributed by atoms with Crippen LogP contribution >= 0.6 is 11.8 Å². The van der Waals surface area contributed by atoms with Gasteiger partial charge in [0.15, 0.2) is 11.0 Å². The standard InChI is InChI=1S/C26H23N5OS/c1-16-11-13-20(14-12-16)31-24(19-8-6-7-17(2)15-19)29-30-26(31)33-18(3)23-27-22-10-5-4-9-21(22)25(32)28-23/h4-15,18H,1-3H3,(H,27,28,32). The third-order valence-corrected chi connectivity index (χ3v) is 6.55. The number of fused-ring (bicyclic) bond motifs is 1. The van der Waals surface area contributed by atoms with Gasteiger partial charge in [0.2, 0.25) is 0 Å². The fourth-order valence-corrected chi connectivity index (χ4v) is 4.68. The molecule has 0 aliphatic carbocycles. The summed E-state index contributed by atoms with van der Waals surface area (Å²) in [6.07, 6.45) is 0. The molecule has 2 heterocycles. The van der Waals surface area contributed by atoms with Gasteiger partial charge >= 0.3 is 0 Å². The molecule has 0 bridgehead atoms. The number of rotatable bonds is 5. The van der Waals surface area contributed by atoms with Crippen molar-refractivity contribution in [2.75, 3.05) is 0 Å². The first-order chi connectivity index (χ1) is 16.0. The Morgan fingerprint density at radius 1 is 0.909 bits per heavy atom. The fourth-order valence-electron chi connectivity index (χ4n) is 3.75. The maximum absolute atomic E-state index is 12.6. The molecule has 164 valence electrons. The fraction of sp³-hybridized carbons (Fsp3) is 0.154. The number of nitrogens with zero attached hydrogens (tertiary/aromatic N) is 4. The van der Waals surface area contributed by atoms with E-state index in [2.05, 4.69) is 75.0 Å². The van der Waals surface area contributed by atoms with Crippen molar-refractivity contribution >= 4 is 22.7 Å². The van der Waals surface area contributed by atoms with Crippen molar-refractivity contribution in [2.45, 2.75) is 31.2 Å². The Morgan fingerprint density at radius 2 is 1.70 bits per heavy atom. The number of benzene rings is 3. The smallest absolute Gasteiger partial charge is 0.258 e. The minimum absolute atomic E-state index is 0.136. The average Bonchev–Trinajstić information content (AvgIpc) is 3.23. The highest BCUT2D eigenvalue weighted by molar-refractivity contribution is 7.99. The van der Waals surface area contributed by atoms with Crippen LogP contribution in [-0.2, 0) is 0 Å². The maximum atomic E-state index is 12.6. The summed E-state index contributed by atoms with van der Waals surface area (Å²) in [6, 6.07) is 23.9. The lowest BCUT2D eigenvalue weighted by Gasteiger charge is -2.14. The zero-order valence-electron chi connectivity index (χ0n) is 18.6. The Balaban J connectivity index is 1.58. The third-order valence-electron chi connectivity index (χ3n) is 5.50. The summed E-state index contributed by atoms with van der Waals surface area (Å²) in [4.78, 5) is 20.2. The lowest BCUT2D eigenvalue weighted by atomic mass is 10.1. The van der Waals surface area contributed by atoms with Crippen LogP contribution in [0.2, 0.25) is 0 Å². The number of nitrogens with one attached hydrogen (secondary N) is 1. The summed E-state index contributed by atoms with van der Waals surface area (Å²) in [7, 11) is 0. The highest BCUT2D eigenvalue weighted by Crippen LogP contribution is 2.36. The van der Waals surface area contributed by atoms with E-state index in [1.54, 1.807) is 6.07 Å². The first kappa shape index (κ1) is 21.2. The number of hydrogen-bond donors (Lipinski definition) is 1. The van der Waals surface area contributed by atoms with Crippen molar-refractivity contribution in [1.29, 1.82) is 0 Å². The van der Waals surface area contributed by atoms with Gasteiger partial charge in [-0.2, -0.15) is 0 Å². The van der Waals surface area contributed by atoms with Crippen molar-refractivity contribution in [3.63, 3.8) is 0 Å². The number of para-hydroxylation sites is 1. The molecular formula is C26H23N5OS. The van der Waals surface area contributed by atoms with Crippen LogP contribution in [0.5, 0.6) is 0 Å². The minimum Gasteiger partial charge on any atom is -0.309 e. The van der Waals surface area contributed by atoms with Crippen LogP contribution in [0, 0.1) is 13.8 Å². The first-order valence-electron chi connectivity index (χ1n) is 10.7. The molecule has 1 atom stereocenters.